The molecule has 7 heteroatoms. The van der Waals surface area contributed by atoms with Crippen LogP contribution in [0.2, 0.25) is 0 Å². The number of primary amides is 1. The molecule has 0 spiro atoms. The third-order valence-corrected chi connectivity index (χ3v) is 3.46. The zero-order valence-corrected chi connectivity index (χ0v) is 12.9. The summed E-state index contributed by atoms with van der Waals surface area (Å²) < 4.78 is 37.8. The summed E-state index contributed by atoms with van der Waals surface area (Å²) in [5.74, 6) is -1.38. The second kappa shape index (κ2) is 7.80. The lowest BCUT2D eigenvalue weighted by molar-refractivity contribution is -0.137. The molecule has 0 aliphatic carbocycles. The number of hydrogen-bond acceptors (Lipinski definition) is 2. The Morgan fingerprint density at radius 1 is 1.35 bits per heavy atom. The third kappa shape index (κ3) is 5.77. The van der Waals surface area contributed by atoms with Gasteiger partial charge in [-0.25, -0.2) is 0 Å². The molecule has 23 heavy (non-hydrogen) atoms. The van der Waals surface area contributed by atoms with Crippen molar-refractivity contribution in [2.75, 3.05) is 0 Å². The lowest BCUT2D eigenvalue weighted by Crippen LogP contribution is -2.47. The van der Waals surface area contributed by atoms with Gasteiger partial charge in [-0.15, -0.1) is 0 Å². The molecule has 0 radical (unpaired) electrons. The van der Waals surface area contributed by atoms with E-state index in [4.69, 9.17) is 5.73 Å². The fourth-order valence-corrected chi connectivity index (χ4v) is 1.92. The first-order valence-corrected chi connectivity index (χ1v) is 7.10. The smallest absolute Gasteiger partial charge is 0.368 e. The Morgan fingerprint density at radius 2 is 2.00 bits per heavy atom. The van der Waals surface area contributed by atoms with Gasteiger partial charge in [-0.3, -0.25) is 9.59 Å². The quantitative estimate of drug-likeness (QED) is 0.788. The van der Waals surface area contributed by atoms with Crippen LogP contribution in [0.5, 0.6) is 0 Å². The molecule has 126 valence electrons. The molecular formula is C16H19F3N2O2. The number of alkyl halides is 3. The molecule has 0 aliphatic rings. The van der Waals surface area contributed by atoms with Crippen molar-refractivity contribution in [3.05, 3.63) is 41.5 Å². The number of hydrogen-bond donors (Lipinski definition) is 2. The lowest BCUT2D eigenvalue weighted by atomic mass is 9.98. The summed E-state index contributed by atoms with van der Waals surface area (Å²) in [6.45, 7) is 3.62. The highest BCUT2D eigenvalue weighted by Gasteiger charge is 2.30. The standard InChI is InChI=1S/C16H19F3N2O2/c1-3-10(2)14(15(20)23)21-13(22)8-7-11-5-4-6-12(9-11)16(17,18)19/h4-10,14H,3H2,1-2H3,(H2,20,23)(H,21,22). The van der Waals surface area contributed by atoms with E-state index in [1.54, 1.807) is 6.92 Å². The van der Waals surface area contributed by atoms with Gasteiger partial charge in [-0.2, -0.15) is 13.2 Å². The van der Waals surface area contributed by atoms with E-state index in [2.05, 4.69) is 5.32 Å². The molecule has 0 heterocycles. The summed E-state index contributed by atoms with van der Waals surface area (Å²) >= 11 is 0. The van der Waals surface area contributed by atoms with Gasteiger partial charge in [0.25, 0.3) is 0 Å². The van der Waals surface area contributed by atoms with Crippen LogP contribution in [0.4, 0.5) is 13.2 Å². The van der Waals surface area contributed by atoms with E-state index in [9.17, 15) is 22.8 Å². The Morgan fingerprint density at radius 3 is 2.52 bits per heavy atom. The highest BCUT2D eigenvalue weighted by molar-refractivity contribution is 5.95. The van der Waals surface area contributed by atoms with E-state index in [1.807, 2.05) is 6.92 Å². The molecule has 2 amide bonds. The van der Waals surface area contributed by atoms with E-state index in [1.165, 1.54) is 18.2 Å². The maximum absolute atomic E-state index is 12.6. The average Bonchev–Trinajstić information content (AvgIpc) is 2.49. The van der Waals surface area contributed by atoms with Crippen LogP contribution in [0.1, 0.15) is 31.4 Å². The van der Waals surface area contributed by atoms with Crippen molar-refractivity contribution in [3.8, 4) is 0 Å². The summed E-state index contributed by atoms with van der Waals surface area (Å²) in [4.78, 5) is 23.1. The van der Waals surface area contributed by atoms with Gasteiger partial charge in [0, 0.05) is 6.08 Å². The van der Waals surface area contributed by atoms with Gasteiger partial charge < -0.3 is 11.1 Å². The number of halogens is 3. The fourth-order valence-electron chi connectivity index (χ4n) is 1.92. The minimum atomic E-state index is -4.44. The minimum absolute atomic E-state index is 0.140. The Balaban J connectivity index is 2.81. The fraction of sp³-hybridized carbons (Fsp3) is 0.375. The zero-order valence-electron chi connectivity index (χ0n) is 12.9. The van der Waals surface area contributed by atoms with Crippen molar-refractivity contribution in [2.24, 2.45) is 11.7 Å². The van der Waals surface area contributed by atoms with Gasteiger partial charge in [0.05, 0.1) is 5.56 Å². The summed E-state index contributed by atoms with van der Waals surface area (Å²) in [6.07, 6.45) is -1.47. The van der Waals surface area contributed by atoms with Crippen LogP contribution >= 0.6 is 0 Å². The monoisotopic (exact) mass is 328 g/mol. The van der Waals surface area contributed by atoms with Crippen LogP contribution in [0, 0.1) is 5.92 Å². The first-order chi connectivity index (χ1) is 10.6. The first-order valence-electron chi connectivity index (χ1n) is 7.10. The molecule has 0 aliphatic heterocycles. The highest BCUT2D eigenvalue weighted by Crippen LogP contribution is 2.29. The summed E-state index contributed by atoms with van der Waals surface area (Å²) in [6, 6.07) is 3.76. The van der Waals surface area contributed by atoms with Crippen LogP contribution < -0.4 is 11.1 Å². The van der Waals surface area contributed by atoms with Crippen molar-refractivity contribution in [1.29, 1.82) is 0 Å². The number of carbonyl (C=O) groups is 2. The summed E-state index contributed by atoms with van der Waals surface area (Å²) in [5.41, 5.74) is 4.67. The Hall–Kier alpha value is -2.31. The zero-order chi connectivity index (χ0) is 17.6. The van der Waals surface area contributed by atoms with E-state index >= 15 is 0 Å². The molecule has 2 unspecified atom stereocenters. The van der Waals surface area contributed by atoms with Crippen LogP contribution in [0.15, 0.2) is 30.3 Å². The summed E-state index contributed by atoms with van der Waals surface area (Å²) in [5, 5.41) is 2.46. The molecule has 1 rings (SSSR count). The van der Waals surface area contributed by atoms with Crippen molar-refractivity contribution < 1.29 is 22.8 Å². The average molecular weight is 328 g/mol. The van der Waals surface area contributed by atoms with Crippen molar-refractivity contribution in [2.45, 2.75) is 32.5 Å². The Labute approximate surface area is 132 Å². The molecule has 0 bridgehead atoms. The van der Waals surface area contributed by atoms with E-state index in [0.717, 1.165) is 18.2 Å². The SMILES string of the molecule is CCC(C)C(NC(=O)C=Cc1cccc(C(F)(F)F)c1)C(N)=O. The van der Waals surface area contributed by atoms with Crippen molar-refractivity contribution in [3.63, 3.8) is 0 Å². The second-order valence-electron chi connectivity index (χ2n) is 5.23. The lowest BCUT2D eigenvalue weighted by Gasteiger charge is -2.20. The number of nitrogens with two attached hydrogens (primary N) is 1. The maximum Gasteiger partial charge on any atom is 0.416 e. The normalized spacial score (nSPS) is 14.5. The van der Waals surface area contributed by atoms with E-state index in [0.29, 0.717) is 6.42 Å². The predicted octanol–water partition coefficient (Wildman–Crippen LogP) is 2.73. The predicted molar refractivity (Wildman–Crippen MR) is 81.1 cm³/mol. The van der Waals surface area contributed by atoms with Crippen LogP contribution in [0.3, 0.4) is 0 Å². The van der Waals surface area contributed by atoms with Gasteiger partial charge in [0.1, 0.15) is 6.04 Å². The van der Waals surface area contributed by atoms with E-state index in [-0.39, 0.29) is 11.5 Å². The van der Waals surface area contributed by atoms with Gasteiger partial charge in [-0.1, -0.05) is 32.4 Å². The molecule has 0 saturated carbocycles. The largest absolute Gasteiger partial charge is 0.416 e. The number of nitrogens with one attached hydrogen (secondary N) is 1. The molecule has 3 N–H and O–H groups in total. The van der Waals surface area contributed by atoms with Crippen molar-refractivity contribution >= 4 is 17.9 Å². The Kier molecular flexibility index (Phi) is 6.36. The topological polar surface area (TPSA) is 72.2 Å². The van der Waals surface area contributed by atoms with Crippen LogP contribution in [-0.4, -0.2) is 17.9 Å². The van der Waals surface area contributed by atoms with Gasteiger partial charge in [0.15, 0.2) is 0 Å². The second-order valence-corrected chi connectivity index (χ2v) is 5.23. The van der Waals surface area contributed by atoms with E-state index < -0.39 is 29.6 Å². The number of carbonyl (C=O) groups excluding carboxylic acids is 2. The maximum atomic E-state index is 12.6. The first kappa shape index (κ1) is 18.7. The molecule has 0 fully saturated rings. The van der Waals surface area contributed by atoms with Gasteiger partial charge in [-0.05, 0) is 29.7 Å². The molecule has 2 atom stereocenters. The van der Waals surface area contributed by atoms with Crippen LogP contribution in [0.25, 0.3) is 6.08 Å². The van der Waals surface area contributed by atoms with Gasteiger partial charge >= 0.3 is 6.18 Å². The number of amides is 2. The molecule has 4 nitrogen and oxygen atoms in total. The van der Waals surface area contributed by atoms with Crippen LogP contribution in [-0.2, 0) is 15.8 Å². The molecular weight excluding hydrogens is 309 g/mol. The minimum Gasteiger partial charge on any atom is -0.368 e. The van der Waals surface area contributed by atoms with Crippen molar-refractivity contribution in [1.82, 2.24) is 5.32 Å². The van der Waals surface area contributed by atoms with Gasteiger partial charge in [0.2, 0.25) is 11.8 Å². The third-order valence-electron chi connectivity index (χ3n) is 3.46. The molecule has 0 aromatic heterocycles. The molecule has 1 aromatic rings. The Bertz CT molecular complexity index is 597. The summed E-state index contributed by atoms with van der Waals surface area (Å²) in [7, 11) is 0. The molecule has 0 saturated heterocycles. The number of benzene rings is 1. The molecule has 1 aromatic carbocycles. The number of rotatable bonds is 6. The highest BCUT2D eigenvalue weighted by atomic mass is 19.4.